The topological polar surface area (TPSA) is 54.4 Å². The maximum Gasteiger partial charge on any atom is 0.306 e. The summed E-state index contributed by atoms with van der Waals surface area (Å²) >= 11 is 0. The van der Waals surface area contributed by atoms with E-state index in [1.807, 2.05) is 37.3 Å². The van der Waals surface area contributed by atoms with E-state index in [-0.39, 0.29) is 12.2 Å². The molecule has 0 saturated heterocycles. The van der Waals surface area contributed by atoms with Crippen LogP contribution in [0.3, 0.4) is 0 Å². The van der Waals surface area contributed by atoms with Gasteiger partial charge < -0.3 is 5.11 Å². The molecule has 0 aliphatic carbocycles. The third-order valence-corrected chi connectivity index (χ3v) is 3.10. The van der Waals surface area contributed by atoms with Gasteiger partial charge in [0.15, 0.2) is 5.78 Å². The predicted octanol–water partition coefficient (Wildman–Crippen LogP) is 4.13. The Hall–Kier alpha value is -2.42. The number of aliphatic carboxylic acids is 1. The van der Waals surface area contributed by atoms with Gasteiger partial charge in [-0.15, -0.1) is 0 Å². The summed E-state index contributed by atoms with van der Waals surface area (Å²) in [5, 5.41) is 8.84. The predicted molar refractivity (Wildman–Crippen MR) is 85.2 cm³/mol. The van der Waals surface area contributed by atoms with Crippen LogP contribution in [0.1, 0.15) is 36.2 Å². The molecular formula is C18H20O3. The number of rotatable bonds is 7. The number of Topliss-reactive ketones (excluding diaryl/α,β-unsaturated/α-hetero) is 1. The highest BCUT2D eigenvalue weighted by molar-refractivity contribution is 5.98. The van der Waals surface area contributed by atoms with Crippen molar-refractivity contribution >= 4 is 17.3 Å². The molecule has 1 N–H and O–H groups in total. The molecule has 1 aromatic carbocycles. The van der Waals surface area contributed by atoms with Gasteiger partial charge in [0.25, 0.3) is 0 Å². The zero-order chi connectivity index (χ0) is 15.8. The molecule has 3 nitrogen and oxygen atoms in total. The summed E-state index contributed by atoms with van der Waals surface area (Å²) in [6.45, 7) is 7.15. The number of hydrogen-bond acceptors (Lipinski definition) is 2. The molecular weight excluding hydrogens is 264 g/mol. The molecule has 0 fully saturated rings. The molecule has 0 amide bonds. The monoisotopic (exact) mass is 284 g/mol. The fraction of sp³-hybridized carbons (Fsp3) is 0.222. The fourth-order valence-electron chi connectivity index (χ4n) is 1.89. The van der Waals surface area contributed by atoms with Crippen LogP contribution in [0.4, 0.5) is 0 Å². The summed E-state index contributed by atoms with van der Waals surface area (Å²) in [4.78, 5) is 22.8. The van der Waals surface area contributed by atoms with Crippen LogP contribution < -0.4 is 0 Å². The van der Waals surface area contributed by atoms with E-state index >= 15 is 0 Å². The van der Waals surface area contributed by atoms with E-state index in [1.165, 1.54) is 6.92 Å². The molecule has 110 valence electrons. The number of hydrogen-bond donors (Lipinski definition) is 1. The molecule has 0 aliphatic rings. The van der Waals surface area contributed by atoms with Crippen LogP contribution >= 0.6 is 0 Å². The maximum absolute atomic E-state index is 12.0. The highest BCUT2D eigenvalue weighted by Crippen LogP contribution is 2.18. The van der Waals surface area contributed by atoms with Gasteiger partial charge in [-0.05, 0) is 18.1 Å². The van der Waals surface area contributed by atoms with E-state index in [9.17, 15) is 9.59 Å². The number of carbonyl (C=O) groups excluding carboxylic acids is 1. The summed E-state index contributed by atoms with van der Waals surface area (Å²) in [5.41, 5.74) is 2.52. The highest BCUT2D eigenvalue weighted by Gasteiger charge is 2.16. The van der Waals surface area contributed by atoms with Crippen LogP contribution in [0.5, 0.6) is 0 Å². The van der Waals surface area contributed by atoms with E-state index in [1.54, 1.807) is 18.2 Å². The molecule has 0 aromatic heterocycles. The summed E-state index contributed by atoms with van der Waals surface area (Å²) in [6.07, 6.45) is 7.51. The maximum atomic E-state index is 12.0. The Balaban J connectivity index is 2.91. The molecule has 0 bridgehead atoms. The lowest BCUT2D eigenvalue weighted by Gasteiger charge is -2.07. The lowest BCUT2D eigenvalue weighted by molar-refractivity contribution is -0.141. The van der Waals surface area contributed by atoms with Crippen molar-refractivity contribution in [3.8, 4) is 0 Å². The van der Waals surface area contributed by atoms with Crippen LogP contribution in [0.2, 0.25) is 0 Å². The summed E-state index contributed by atoms with van der Waals surface area (Å²) in [6, 6.07) is 7.17. The van der Waals surface area contributed by atoms with Crippen molar-refractivity contribution < 1.29 is 14.7 Å². The van der Waals surface area contributed by atoms with E-state index in [0.717, 1.165) is 11.1 Å². The third-order valence-electron chi connectivity index (χ3n) is 3.10. The van der Waals surface area contributed by atoms with Crippen LogP contribution in [0.15, 0.2) is 55.1 Å². The summed E-state index contributed by atoms with van der Waals surface area (Å²) in [7, 11) is 0. The zero-order valence-corrected chi connectivity index (χ0v) is 12.4. The van der Waals surface area contributed by atoms with Gasteiger partial charge in [0.1, 0.15) is 0 Å². The first-order valence-corrected chi connectivity index (χ1v) is 6.81. The molecule has 0 heterocycles. The average molecular weight is 284 g/mol. The van der Waals surface area contributed by atoms with Crippen molar-refractivity contribution in [1.29, 1.82) is 0 Å². The van der Waals surface area contributed by atoms with Gasteiger partial charge in [-0.3, -0.25) is 9.59 Å². The lowest BCUT2D eigenvalue weighted by Crippen LogP contribution is -2.14. The number of allylic oxidation sites excluding steroid dienone is 5. The fourth-order valence-corrected chi connectivity index (χ4v) is 1.89. The van der Waals surface area contributed by atoms with Gasteiger partial charge in [0.05, 0.1) is 5.92 Å². The lowest BCUT2D eigenvalue weighted by atomic mass is 9.97. The standard InChI is InChI=1S/C18H20O3/c1-4-6-14(7-5-2)15-8-10-16(11-9-15)17(19)12-13(3)18(20)21/h4-11,13H,1,12H2,2-3H3,(H,20,21)/b7-5-,14-6+. The minimum Gasteiger partial charge on any atom is -0.481 e. The average Bonchev–Trinajstić information content (AvgIpc) is 2.47. The number of ketones is 1. The smallest absolute Gasteiger partial charge is 0.306 e. The minimum absolute atomic E-state index is 0.0128. The van der Waals surface area contributed by atoms with Crippen molar-refractivity contribution in [2.45, 2.75) is 20.3 Å². The van der Waals surface area contributed by atoms with E-state index in [2.05, 4.69) is 6.58 Å². The highest BCUT2D eigenvalue weighted by atomic mass is 16.4. The second kappa shape index (κ2) is 8.00. The second-order valence-electron chi connectivity index (χ2n) is 4.80. The SMILES string of the molecule is C=C/C=C(\C=C/C)c1ccc(C(=O)CC(C)C(=O)O)cc1. The molecule has 21 heavy (non-hydrogen) atoms. The van der Waals surface area contributed by atoms with E-state index in [4.69, 9.17) is 5.11 Å². The van der Waals surface area contributed by atoms with Crippen LogP contribution in [-0.2, 0) is 4.79 Å². The van der Waals surface area contributed by atoms with Crippen LogP contribution in [0, 0.1) is 5.92 Å². The molecule has 3 heteroatoms. The van der Waals surface area contributed by atoms with Crippen molar-refractivity contribution in [2.75, 3.05) is 0 Å². The van der Waals surface area contributed by atoms with Crippen LogP contribution in [-0.4, -0.2) is 16.9 Å². The Morgan fingerprint density at radius 3 is 2.29 bits per heavy atom. The van der Waals surface area contributed by atoms with Gasteiger partial charge in [-0.25, -0.2) is 0 Å². The quantitative estimate of drug-likeness (QED) is 0.605. The van der Waals surface area contributed by atoms with E-state index < -0.39 is 11.9 Å². The molecule has 1 atom stereocenters. The number of carbonyl (C=O) groups is 2. The van der Waals surface area contributed by atoms with Gasteiger partial charge >= 0.3 is 5.97 Å². The normalized spacial score (nSPS) is 13.1. The van der Waals surface area contributed by atoms with Crippen molar-refractivity contribution in [2.24, 2.45) is 5.92 Å². The Labute approximate surface area is 125 Å². The van der Waals surface area contributed by atoms with Crippen LogP contribution in [0.25, 0.3) is 5.57 Å². The summed E-state index contributed by atoms with van der Waals surface area (Å²) < 4.78 is 0. The minimum atomic E-state index is -0.954. The first-order chi connectivity index (χ1) is 9.99. The van der Waals surface area contributed by atoms with E-state index in [0.29, 0.717) is 5.56 Å². The van der Waals surface area contributed by atoms with Gasteiger partial charge in [0.2, 0.25) is 0 Å². The number of carboxylic acids is 1. The summed E-state index contributed by atoms with van der Waals surface area (Å²) in [5.74, 6) is -1.78. The molecule has 1 aromatic rings. The first-order valence-electron chi connectivity index (χ1n) is 6.81. The first kappa shape index (κ1) is 16.6. The Morgan fingerprint density at radius 1 is 1.24 bits per heavy atom. The molecule has 1 rings (SSSR count). The number of benzene rings is 1. The Kier molecular flexibility index (Phi) is 6.34. The van der Waals surface area contributed by atoms with Gasteiger partial charge in [0, 0.05) is 12.0 Å². The van der Waals surface area contributed by atoms with Crippen molar-refractivity contribution in [1.82, 2.24) is 0 Å². The molecule has 1 unspecified atom stereocenters. The van der Waals surface area contributed by atoms with Crippen molar-refractivity contribution in [3.63, 3.8) is 0 Å². The molecule has 0 spiro atoms. The number of carboxylic acid groups (broad SMARTS) is 1. The molecule has 0 radical (unpaired) electrons. The van der Waals surface area contributed by atoms with Crippen molar-refractivity contribution in [3.05, 3.63) is 66.3 Å². The second-order valence-corrected chi connectivity index (χ2v) is 4.80. The third kappa shape index (κ3) is 4.88. The van der Waals surface area contributed by atoms with Gasteiger partial charge in [-0.2, -0.15) is 0 Å². The Bertz CT molecular complexity index is 577. The van der Waals surface area contributed by atoms with Gasteiger partial charge in [-0.1, -0.05) is 62.1 Å². The Morgan fingerprint density at radius 2 is 1.81 bits per heavy atom. The zero-order valence-electron chi connectivity index (χ0n) is 12.4. The largest absolute Gasteiger partial charge is 0.481 e. The molecule has 0 saturated carbocycles. The molecule has 0 aliphatic heterocycles.